The highest BCUT2D eigenvalue weighted by Crippen LogP contribution is 2.23. The molecular weight excluding hydrogens is 294 g/mol. The van der Waals surface area contributed by atoms with E-state index in [1.807, 2.05) is 6.92 Å². The van der Waals surface area contributed by atoms with Gasteiger partial charge in [-0.15, -0.1) is 11.3 Å². The molecule has 0 spiro atoms. The number of thiazole rings is 1. The van der Waals surface area contributed by atoms with E-state index in [9.17, 15) is 9.59 Å². The van der Waals surface area contributed by atoms with E-state index in [0.29, 0.717) is 17.2 Å². The van der Waals surface area contributed by atoms with Crippen LogP contribution in [0.4, 0.5) is 4.79 Å². The van der Waals surface area contributed by atoms with Crippen LogP contribution in [0.2, 0.25) is 0 Å². The molecule has 21 heavy (non-hydrogen) atoms. The molecule has 0 bridgehead atoms. The predicted octanol–water partition coefficient (Wildman–Crippen LogP) is 1.52. The first-order valence-electron chi connectivity index (χ1n) is 6.75. The van der Waals surface area contributed by atoms with Crippen LogP contribution < -0.4 is 10.6 Å². The Labute approximate surface area is 126 Å². The van der Waals surface area contributed by atoms with Gasteiger partial charge in [-0.1, -0.05) is 0 Å². The smallest absolute Gasteiger partial charge is 0.347 e. The number of carbonyl (C=O) groups excluding carboxylic acids is 1. The Hall–Kier alpha value is -1.67. The van der Waals surface area contributed by atoms with Crippen molar-refractivity contribution in [1.29, 1.82) is 0 Å². The first-order chi connectivity index (χ1) is 9.89. The summed E-state index contributed by atoms with van der Waals surface area (Å²) in [6.07, 6.45) is 1.94. The number of carboxylic acid groups (broad SMARTS) is 1. The molecule has 1 saturated heterocycles. The molecule has 1 aromatic heterocycles. The number of rotatable bonds is 5. The van der Waals surface area contributed by atoms with Gasteiger partial charge in [-0.3, -0.25) is 0 Å². The zero-order valence-corrected chi connectivity index (χ0v) is 12.9. The van der Waals surface area contributed by atoms with E-state index >= 15 is 0 Å². The molecule has 0 radical (unpaired) electrons. The van der Waals surface area contributed by atoms with Crippen molar-refractivity contribution in [3.05, 3.63) is 15.6 Å². The van der Waals surface area contributed by atoms with Crippen LogP contribution in [0.15, 0.2) is 0 Å². The molecule has 7 nitrogen and oxygen atoms in total. The third-order valence-electron chi connectivity index (χ3n) is 3.36. The Morgan fingerprint density at radius 2 is 2.24 bits per heavy atom. The number of carboxylic acids is 1. The van der Waals surface area contributed by atoms with Crippen molar-refractivity contribution >= 4 is 23.3 Å². The second-order valence-electron chi connectivity index (χ2n) is 5.27. The van der Waals surface area contributed by atoms with E-state index in [-0.39, 0.29) is 23.1 Å². The molecule has 1 fully saturated rings. The minimum Gasteiger partial charge on any atom is -0.477 e. The number of aromatic carboxylic acids is 1. The summed E-state index contributed by atoms with van der Waals surface area (Å²) in [5.74, 6) is -0.994. The van der Waals surface area contributed by atoms with Crippen molar-refractivity contribution in [2.75, 3.05) is 13.2 Å². The van der Waals surface area contributed by atoms with Crippen LogP contribution in [0.1, 0.15) is 40.1 Å². The van der Waals surface area contributed by atoms with Crippen molar-refractivity contribution in [3.8, 4) is 0 Å². The number of ether oxygens (including phenoxy) is 1. The van der Waals surface area contributed by atoms with Gasteiger partial charge in [0, 0.05) is 13.2 Å². The lowest BCUT2D eigenvalue weighted by Gasteiger charge is -2.23. The molecule has 116 valence electrons. The Morgan fingerprint density at radius 3 is 2.81 bits per heavy atom. The minimum atomic E-state index is -0.994. The number of amides is 2. The molecule has 2 heterocycles. The fraction of sp³-hybridized carbons (Fsp3) is 0.615. The number of hydrogen-bond donors (Lipinski definition) is 3. The van der Waals surface area contributed by atoms with Gasteiger partial charge in [0.15, 0.2) is 0 Å². The van der Waals surface area contributed by atoms with E-state index in [1.165, 1.54) is 0 Å². The van der Waals surface area contributed by atoms with Gasteiger partial charge in [0.05, 0.1) is 17.8 Å². The largest absolute Gasteiger partial charge is 0.477 e. The highest BCUT2D eigenvalue weighted by atomic mass is 32.1. The van der Waals surface area contributed by atoms with Crippen molar-refractivity contribution in [1.82, 2.24) is 15.6 Å². The number of aromatic nitrogens is 1. The average Bonchev–Trinajstić information content (AvgIpc) is 3.01. The molecule has 0 aliphatic carbocycles. The molecule has 3 N–H and O–H groups in total. The molecule has 1 aliphatic heterocycles. The van der Waals surface area contributed by atoms with Gasteiger partial charge >= 0.3 is 12.0 Å². The van der Waals surface area contributed by atoms with Crippen LogP contribution in [-0.2, 0) is 11.3 Å². The van der Waals surface area contributed by atoms with E-state index in [0.717, 1.165) is 30.8 Å². The van der Waals surface area contributed by atoms with E-state index < -0.39 is 5.97 Å². The Kier molecular flexibility index (Phi) is 4.79. The molecule has 0 aromatic carbocycles. The van der Waals surface area contributed by atoms with Crippen molar-refractivity contribution in [2.24, 2.45) is 0 Å². The quantitative estimate of drug-likeness (QED) is 0.765. The zero-order valence-electron chi connectivity index (χ0n) is 12.1. The third kappa shape index (κ3) is 4.15. The molecule has 1 aromatic rings. The third-order valence-corrected chi connectivity index (χ3v) is 4.50. The van der Waals surface area contributed by atoms with Gasteiger partial charge in [-0.05, 0) is 26.7 Å². The summed E-state index contributed by atoms with van der Waals surface area (Å²) < 4.78 is 5.58. The zero-order chi connectivity index (χ0) is 15.5. The summed E-state index contributed by atoms with van der Waals surface area (Å²) >= 11 is 1.07. The van der Waals surface area contributed by atoms with Crippen LogP contribution >= 0.6 is 11.3 Å². The summed E-state index contributed by atoms with van der Waals surface area (Å²) in [4.78, 5) is 27.0. The van der Waals surface area contributed by atoms with Crippen LogP contribution in [0.25, 0.3) is 0 Å². The van der Waals surface area contributed by atoms with Gasteiger partial charge in [-0.25, -0.2) is 14.6 Å². The fourth-order valence-corrected chi connectivity index (χ4v) is 3.03. The van der Waals surface area contributed by atoms with E-state index in [4.69, 9.17) is 9.84 Å². The molecular formula is C13H19N3O4S. The summed E-state index contributed by atoms with van der Waals surface area (Å²) in [7, 11) is 0. The fourth-order valence-electron chi connectivity index (χ4n) is 2.19. The van der Waals surface area contributed by atoms with Crippen LogP contribution in [0.5, 0.6) is 0 Å². The minimum absolute atomic E-state index is 0.207. The number of aryl methyl sites for hydroxylation is 1. The maximum atomic E-state index is 11.7. The monoisotopic (exact) mass is 313 g/mol. The normalized spacial score (nSPS) is 21.2. The average molecular weight is 313 g/mol. The molecule has 2 amide bonds. The maximum absolute atomic E-state index is 11.7. The lowest BCUT2D eigenvalue weighted by atomic mass is 10.0. The Morgan fingerprint density at radius 1 is 1.48 bits per heavy atom. The summed E-state index contributed by atoms with van der Waals surface area (Å²) in [5, 5.41) is 15.0. The van der Waals surface area contributed by atoms with E-state index in [2.05, 4.69) is 15.6 Å². The SMILES string of the molecule is Cc1nc(CNC(=O)NCC2(C)CCCO2)sc1C(=O)O. The summed E-state index contributed by atoms with van der Waals surface area (Å²) in [5.41, 5.74) is 0.183. The maximum Gasteiger partial charge on any atom is 0.347 e. The topological polar surface area (TPSA) is 101 Å². The van der Waals surface area contributed by atoms with Crippen LogP contribution in [-0.4, -0.2) is 40.8 Å². The molecule has 2 rings (SSSR count). The first kappa shape index (κ1) is 15.7. The predicted molar refractivity (Wildman–Crippen MR) is 77.6 cm³/mol. The van der Waals surface area contributed by atoms with Crippen molar-refractivity contribution < 1.29 is 19.4 Å². The Bertz CT molecular complexity index is 538. The highest BCUT2D eigenvalue weighted by molar-refractivity contribution is 7.13. The molecule has 1 unspecified atom stereocenters. The first-order valence-corrected chi connectivity index (χ1v) is 7.56. The lowest BCUT2D eigenvalue weighted by molar-refractivity contribution is 0.0229. The number of nitrogens with zero attached hydrogens (tertiary/aromatic N) is 1. The van der Waals surface area contributed by atoms with Gasteiger partial charge < -0.3 is 20.5 Å². The standard InChI is InChI=1S/C13H19N3O4S/c1-8-10(11(17)18)21-9(16-8)6-14-12(19)15-7-13(2)4-3-5-20-13/h3-7H2,1-2H3,(H,17,18)(H2,14,15,19). The van der Waals surface area contributed by atoms with Gasteiger partial charge in [-0.2, -0.15) is 0 Å². The summed E-state index contributed by atoms with van der Waals surface area (Å²) in [6, 6.07) is -0.309. The van der Waals surface area contributed by atoms with Crippen LogP contribution in [0, 0.1) is 6.92 Å². The highest BCUT2D eigenvalue weighted by Gasteiger charge is 2.29. The number of carbonyl (C=O) groups is 2. The number of hydrogen-bond acceptors (Lipinski definition) is 5. The van der Waals surface area contributed by atoms with Crippen molar-refractivity contribution in [3.63, 3.8) is 0 Å². The van der Waals surface area contributed by atoms with Crippen molar-refractivity contribution in [2.45, 2.75) is 38.8 Å². The lowest BCUT2D eigenvalue weighted by Crippen LogP contribution is -2.44. The van der Waals surface area contributed by atoms with Crippen LogP contribution in [0.3, 0.4) is 0 Å². The molecule has 1 atom stereocenters. The second-order valence-corrected chi connectivity index (χ2v) is 6.35. The number of urea groups is 1. The molecule has 8 heteroatoms. The summed E-state index contributed by atoms with van der Waals surface area (Å²) in [6.45, 7) is 5.01. The Balaban J connectivity index is 1.78. The van der Waals surface area contributed by atoms with Gasteiger partial charge in [0.1, 0.15) is 9.88 Å². The van der Waals surface area contributed by atoms with Gasteiger partial charge in [0.25, 0.3) is 0 Å². The molecule has 0 saturated carbocycles. The molecule has 1 aliphatic rings. The van der Waals surface area contributed by atoms with Gasteiger partial charge in [0.2, 0.25) is 0 Å². The van der Waals surface area contributed by atoms with E-state index in [1.54, 1.807) is 6.92 Å². The number of nitrogens with one attached hydrogen (secondary N) is 2. The second kappa shape index (κ2) is 6.40.